The Balaban J connectivity index is 1.60. The van der Waals surface area contributed by atoms with Gasteiger partial charge in [0, 0.05) is 43.5 Å². The van der Waals surface area contributed by atoms with Crippen molar-refractivity contribution in [1.29, 1.82) is 0 Å². The monoisotopic (exact) mass is 425 g/mol. The third kappa shape index (κ3) is 3.30. The molecule has 3 aromatic rings. The van der Waals surface area contributed by atoms with E-state index in [1.807, 2.05) is 9.47 Å². The molecule has 0 spiro atoms. The highest BCUT2D eigenvalue weighted by atomic mass is 35.5. The predicted molar refractivity (Wildman–Crippen MR) is 120 cm³/mol. The number of hydrogen-bond acceptors (Lipinski definition) is 3. The zero-order valence-corrected chi connectivity index (χ0v) is 18.0. The van der Waals surface area contributed by atoms with Gasteiger partial charge < -0.3 is 14.8 Å². The van der Waals surface area contributed by atoms with Crippen molar-refractivity contribution in [3.05, 3.63) is 74.3 Å². The molecule has 2 aromatic carbocycles. The molecule has 2 aliphatic rings. The van der Waals surface area contributed by atoms with E-state index in [4.69, 9.17) is 11.6 Å². The van der Waals surface area contributed by atoms with E-state index < -0.39 is 0 Å². The maximum absolute atomic E-state index is 16.0. The van der Waals surface area contributed by atoms with Crippen molar-refractivity contribution in [2.75, 3.05) is 24.5 Å². The highest BCUT2D eigenvalue weighted by Crippen LogP contribution is 2.41. The van der Waals surface area contributed by atoms with Gasteiger partial charge in [-0.2, -0.15) is 0 Å². The summed E-state index contributed by atoms with van der Waals surface area (Å²) < 4.78 is 17.9. The third-order valence-corrected chi connectivity index (χ3v) is 6.56. The van der Waals surface area contributed by atoms with Crippen LogP contribution < -0.4 is 15.6 Å². The van der Waals surface area contributed by atoms with E-state index in [2.05, 4.69) is 36.5 Å². The van der Waals surface area contributed by atoms with E-state index in [1.165, 1.54) is 11.1 Å². The van der Waals surface area contributed by atoms with Gasteiger partial charge in [0.15, 0.2) is 11.2 Å². The fourth-order valence-electron chi connectivity index (χ4n) is 4.47. The van der Waals surface area contributed by atoms with Crippen molar-refractivity contribution in [3.8, 4) is 0 Å². The van der Waals surface area contributed by atoms with Crippen LogP contribution in [0.2, 0.25) is 5.02 Å². The molecule has 0 bridgehead atoms. The number of anilines is 1. The maximum atomic E-state index is 16.0. The van der Waals surface area contributed by atoms with Crippen molar-refractivity contribution in [2.24, 2.45) is 0 Å². The van der Waals surface area contributed by atoms with Gasteiger partial charge in [-0.1, -0.05) is 41.4 Å². The van der Waals surface area contributed by atoms with E-state index in [0.29, 0.717) is 40.3 Å². The molecule has 0 amide bonds. The second-order valence-electron chi connectivity index (χ2n) is 8.56. The summed E-state index contributed by atoms with van der Waals surface area (Å²) in [7, 11) is 0. The topological polar surface area (TPSA) is 37.3 Å². The molecule has 6 heteroatoms. The van der Waals surface area contributed by atoms with Gasteiger partial charge in [0.25, 0.3) is 0 Å². The van der Waals surface area contributed by atoms with Crippen molar-refractivity contribution in [2.45, 2.75) is 38.8 Å². The largest absolute Gasteiger partial charge is 0.365 e. The molecule has 4 nitrogen and oxygen atoms in total. The van der Waals surface area contributed by atoms with E-state index >= 15 is 4.39 Å². The highest BCUT2D eigenvalue weighted by molar-refractivity contribution is 6.34. The van der Waals surface area contributed by atoms with Crippen LogP contribution in [0.4, 0.5) is 10.1 Å². The predicted octanol–water partition coefficient (Wildman–Crippen LogP) is 4.90. The standard InChI is InChI=1S/C24H25ClFN3O/c1-14-3-5-16(6-4-14)20-13-28(10-9-27-20)23-19(25)11-18-22(21(23)26)29(17-7-8-17)12-15(2)24(18)30/h3-6,11-12,17,20,27H,7-10,13H2,1-2H3. The quantitative estimate of drug-likeness (QED) is 0.648. The maximum Gasteiger partial charge on any atom is 0.192 e. The first-order valence-electron chi connectivity index (χ1n) is 10.5. The van der Waals surface area contributed by atoms with Crippen molar-refractivity contribution in [1.82, 2.24) is 9.88 Å². The van der Waals surface area contributed by atoms with Gasteiger partial charge in [-0.05, 0) is 38.3 Å². The molecule has 1 N–H and O–H groups in total. The molecule has 1 atom stereocenters. The Labute approximate surface area is 180 Å². The first-order valence-corrected chi connectivity index (χ1v) is 10.9. The Morgan fingerprint density at radius 2 is 1.90 bits per heavy atom. The van der Waals surface area contributed by atoms with E-state index in [1.54, 1.807) is 19.2 Å². The van der Waals surface area contributed by atoms with Gasteiger partial charge in [0.1, 0.15) is 0 Å². The number of aryl methyl sites for hydroxylation is 2. The summed E-state index contributed by atoms with van der Waals surface area (Å²) in [4.78, 5) is 14.7. The minimum absolute atomic E-state index is 0.0918. The van der Waals surface area contributed by atoms with E-state index in [-0.39, 0.29) is 23.3 Å². The second kappa shape index (κ2) is 7.40. The van der Waals surface area contributed by atoms with Crippen LogP contribution in [0.3, 0.4) is 0 Å². The van der Waals surface area contributed by atoms with E-state index in [0.717, 1.165) is 19.4 Å². The fraction of sp³-hybridized carbons (Fsp3) is 0.375. The van der Waals surface area contributed by atoms with Crippen LogP contribution >= 0.6 is 11.6 Å². The summed E-state index contributed by atoms with van der Waals surface area (Å²) >= 11 is 6.58. The SMILES string of the molecule is Cc1ccc(C2CN(c3c(Cl)cc4c(=O)c(C)cn(C5CC5)c4c3F)CCN2)cc1. The van der Waals surface area contributed by atoms with Gasteiger partial charge >= 0.3 is 0 Å². The summed E-state index contributed by atoms with van der Waals surface area (Å²) in [5, 5.41) is 4.20. The van der Waals surface area contributed by atoms with Gasteiger partial charge in [-0.25, -0.2) is 4.39 Å². The van der Waals surface area contributed by atoms with Crippen LogP contribution in [-0.2, 0) is 0 Å². The average molecular weight is 426 g/mol. The normalized spacial score (nSPS) is 19.5. The molecule has 2 heterocycles. The smallest absolute Gasteiger partial charge is 0.192 e. The number of benzene rings is 2. The average Bonchev–Trinajstić information content (AvgIpc) is 3.57. The lowest BCUT2D eigenvalue weighted by atomic mass is 10.0. The lowest BCUT2D eigenvalue weighted by molar-refractivity contribution is 0.466. The van der Waals surface area contributed by atoms with Crippen LogP contribution in [-0.4, -0.2) is 24.2 Å². The van der Waals surface area contributed by atoms with Gasteiger partial charge in [-0.3, -0.25) is 4.79 Å². The summed E-state index contributed by atoms with van der Waals surface area (Å²) in [5.41, 5.74) is 3.65. The molecular weight excluding hydrogens is 401 g/mol. The number of pyridine rings is 1. The molecule has 5 rings (SSSR count). The first-order chi connectivity index (χ1) is 14.4. The lowest BCUT2D eigenvalue weighted by Crippen LogP contribution is -2.46. The summed E-state index contributed by atoms with van der Waals surface area (Å²) in [5.74, 6) is -0.383. The summed E-state index contributed by atoms with van der Waals surface area (Å²) in [6.07, 6.45) is 3.83. The Morgan fingerprint density at radius 3 is 2.60 bits per heavy atom. The molecule has 2 fully saturated rings. The number of nitrogens with one attached hydrogen (secondary N) is 1. The van der Waals surface area contributed by atoms with Crippen molar-refractivity contribution in [3.63, 3.8) is 0 Å². The number of piperazine rings is 1. The summed E-state index contributed by atoms with van der Waals surface area (Å²) in [6, 6.07) is 10.4. The number of aromatic nitrogens is 1. The molecule has 1 aliphatic heterocycles. The zero-order valence-electron chi connectivity index (χ0n) is 17.2. The number of rotatable bonds is 3. The van der Waals surface area contributed by atoms with Crippen LogP contribution in [0.1, 0.15) is 41.6 Å². The third-order valence-electron chi connectivity index (χ3n) is 6.27. The van der Waals surface area contributed by atoms with Crippen molar-refractivity contribution < 1.29 is 4.39 Å². The molecule has 30 heavy (non-hydrogen) atoms. The van der Waals surface area contributed by atoms with Crippen LogP contribution in [0.15, 0.2) is 41.3 Å². The van der Waals surface area contributed by atoms with Crippen LogP contribution in [0.25, 0.3) is 10.9 Å². The number of nitrogens with zero attached hydrogens (tertiary/aromatic N) is 2. The van der Waals surface area contributed by atoms with Gasteiger partial charge in [0.2, 0.25) is 0 Å². The molecule has 0 radical (unpaired) electrons. The first kappa shape index (κ1) is 19.6. The number of halogens is 2. The molecule has 1 aliphatic carbocycles. The minimum atomic E-state index is -0.383. The highest BCUT2D eigenvalue weighted by Gasteiger charge is 2.30. The Kier molecular flexibility index (Phi) is 4.83. The Hall–Kier alpha value is -2.37. The Morgan fingerprint density at radius 1 is 1.17 bits per heavy atom. The van der Waals surface area contributed by atoms with Gasteiger partial charge in [0.05, 0.1) is 21.6 Å². The fourth-order valence-corrected chi connectivity index (χ4v) is 4.79. The molecule has 156 valence electrons. The second-order valence-corrected chi connectivity index (χ2v) is 8.97. The lowest BCUT2D eigenvalue weighted by Gasteiger charge is -2.36. The summed E-state index contributed by atoms with van der Waals surface area (Å²) in [6.45, 7) is 5.85. The molecule has 1 unspecified atom stereocenters. The Bertz CT molecular complexity index is 1180. The molecule has 1 saturated heterocycles. The number of hydrogen-bond donors (Lipinski definition) is 1. The van der Waals surface area contributed by atoms with E-state index in [9.17, 15) is 4.79 Å². The molecular formula is C24H25ClFN3O. The minimum Gasteiger partial charge on any atom is -0.365 e. The number of fused-ring (bicyclic) bond motifs is 1. The van der Waals surface area contributed by atoms with Crippen molar-refractivity contribution >= 4 is 28.2 Å². The van der Waals surface area contributed by atoms with Crippen LogP contribution in [0.5, 0.6) is 0 Å². The zero-order chi connectivity index (χ0) is 21.0. The molecule has 1 saturated carbocycles. The van der Waals surface area contributed by atoms with Crippen LogP contribution in [0, 0.1) is 19.7 Å². The molecule has 1 aromatic heterocycles. The van der Waals surface area contributed by atoms with Gasteiger partial charge in [-0.15, -0.1) is 0 Å².